The molecule has 1 aliphatic rings. The van der Waals surface area contributed by atoms with Gasteiger partial charge >= 0.3 is 0 Å². The molecule has 4 nitrogen and oxygen atoms in total. The molecule has 0 radical (unpaired) electrons. The third-order valence-electron chi connectivity index (χ3n) is 4.21. The SMILES string of the molecule is CC(C)COc1cccc(CNC(=O)CCC2CCNCC2)c1. The molecular formula is C19H30N2O2. The van der Waals surface area contributed by atoms with E-state index >= 15 is 0 Å². The molecule has 2 rings (SSSR count). The van der Waals surface area contributed by atoms with E-state index in [1.807, 2.05) is 24.3 Å². The largest absolute Gasteiger partial charge is 0.493 e. The van der Waals surface area contributed by atoms with Crippen LogP contribution in [0.2, 0.25) is 0 Å². The van der Waals surface area contributed by atoms with Crippen LogP contribution in [0.1, 0.15) is 45.1 Å². The Balaban J connectivity index is 1.69. The van der Waals surface area contributed by atoms with Crippen molar-refractivity contribution < 1.29 is 9.53 Å². The van der Waals surface area contributed by atoms with Crippen LogP contribution >= 0.6 is 0 Å². The van der Waals surface area contributed by atoms with E-state index in [0.29, 0.717) is 31.4 Å². The number of hydrogen-bond acceptors (Lipinski definition) is 3. The van der Waals surface area contributed by atoms with E-state index in [1.54, 1.807) is 0 Å². The van der Waals surface area contributed by atoms with Crippen molar-refractivity contribution in [3.63, 3.8) is 0 Å². The number of carbonyl (C=O) groups excluding carboxylic acids is 1. The first kappa shape index (κ1) is 17.8. The average Bonchev–Trinajstić information content (AvgIpc) is 2.57. The maximum atomic E-state index is 12.0. The van der Waals surface area contributed by atoms with E-state index < -0.39 is 0 Å². The molecule has 1 amide bonds. The quantitative estimate of drug-likeness (QED) is 0.774. The highest BCUT2D eigenvalue weighted by molar-refractivity contribution is 5.75. The van der Waals surface area contributed by atoms with Crippen LogP contribution in [0, 0.1) is 11.8 Å². The lowest BCUT2D eigenvalue weighted by molar-refractivity contribution is -0.121. The summed E-state index contributed by atoms with van der Waals surface area (Å²) in [6.45, 7) is 7.74. The van der Waals surface area contributed by atoms with Crippen molar-refractivity contribution in [1.82, 2.24) is 10.6 Å². The number of rotatable bonds is 8. The molecule has 1 fully saturated rings. The molecule has 1 aromatic rings. The third kappa shape index (κ3) is 7.04. The van der Waals surface area contributed by atoms with Crippen molar-refractivity contribution in [1.29, 1.82) is 0 Å². The maximum Gasteiger partial charge on any atom is 0.220 e. The van der Waals surface area contributed by atoms with E-state index in [2.05, 4.69) is 24.5 Å². The second kappa shape index (κ2) is 9.56. The first-order valence-corrected chi connectivity index (χ1v) is 8.82. The minimum atomic E-state index is 0.150. The second-order valence-electron chi connectivity index (χ2n) is 6.86. The Hall–Kier alpha value is -1.55. The number of ether oxygens (including phenoxy) is 1. The first-order chi connectivity index (χ1) is 11.1. The Morgan fingerprint density at radius 3 is 2.87 bits per heavy atom. The summed E-state index contributed by atoms with van der Waals surface area (Å²) in [5.41, 5.74) is 1.08. The highest BCUT2D eigenvalue weighted by Crippen LogP contribution is 2.18. The zero-order valence-corrected chi connectivity index (χ0v) is 14.4. The normalized spacial score (nSPS) is 15.6. The Bertz CT molecular complexity index is 482. The van der Waals surface area contributed by atoms with Crippen LogP contribution in [-0.2, 0) is 11.3 Å². The van der Waals surface area contributed by atoms with Gasteiger partial charge in [0.2, 0.25) is 5.91 Å². The minimum Gasteiger partial charge on any atom is -0.493 e. The summed E-state index contributed by atoms with van der Waals surface area (Å²) < 4.78 is 5.72. The van der Waals surface area contributed by atoms with Crippen molar-refractivity contribution in [2.24, 2.45) is 11.8 Å². The van der Waals surface area contributed by atoms with Crippen molar-refractivity contribution >= 4 is 5.91 Å². The molecular weight excluding hydrogens is 288 g/mol. The standard InChI is InChI=1S/C19H30N2O2/c1-15(2)14-23-18-5-3-4-17(12-18)13-21-19(22)7-6-16-8-10-20-11-9-16/h3-5,12,15-16,20H,6-11,13-14H2,1-2H3,(H,21,22). The van der Waals surface area contributed by atoms with Gasteiger partial charge in [0, 0.05) is 13.0 Å². The fraction of sp³-hybridized carbons (Fsp3) is 0.632. The molecule has 0 atom stereocenters. The van der Waals surface area contributed by atoms with Crippen LogP contribution in [0.5, 0.6) is 5.75 Å². The predicted molar refractivity (Wildman–Crippen MR) is 93.4 cm³/mol. The van der Waals surface area contributed by atoms with Gasteiger partial charge in [0.1, 0.15) is 5.75 Å². The first-order valence-electron chi connectivity index (χ1n) is 8.82. The molecule has 1 heterocycles. The topological polar surface area (TPSA) is 50.4 Å². The third-order valence-corrected chi connectivity index (χ3v) is 4.21. The second-order valence-corrected chi connectivity index (χ2v) is 6.86. The molecule has 1 aliphatic heterocycles. The van der Waals surface area contributed by atoms with Crippen molar-refractivity contribution in [2.75, 3.05) is 19.7 Å². The molecule has 0 aliphatic carbocycles. The monoisotopic (exact) mass is 318 g/mol. The van der Waals surface area contributed by atoms with E-state index in [-0.39, 0.29) is 5.91 Å². The minimum absolute atomic E-state index is 0.150. The molecule has 1 aromatic carbocycles. The summed E-state index contributed by atoms with van der Waals surface area (Å²) >= 11 is 0. The van der Waals surface area contributed by atoms with E-state index in [4.69, 9.17) is 4.74 Å². The van der Waals surface area contributed by atoms with Gasteiger partial charge in [-0.25, -0.2) is 0 Å². The lowest BCUT2D eigenvalue weighted by Gasteiger charge is -2.22. The zero-order chi connectivity index (χ0) is 16.5. The maximum absolute atomic E-state index is 12.0. The van der Waals surface area contributed by atoms with Crippen molar-refractivity contribution in [2.45, 2.75) is 46.1 Å². The van der Waals surface area contributed by atoms with E-state index in [1.165, 1.54) is 12.8 Å². The Morgan fingerprint density at radius 2 is 2.13 bits per heavy atom. The highest BCUT2D eigenvalue weighted by atomic mass is 16.5. The van der Waals surface area contributed by atoms with Crippen LogP contribution in [0.15, 0.2) is 24.3 Å². The summed E-state index contributed by atoms with van der Waals surface area (Å²) in [4.78, 5) is 12.0. The molecule has 0 saturated carbocycles. The molecule has 0 spiro atoms. The lowest BCUT2D eigenvalue weighted by Crippen LogP contribution is -2.29. The van der Waals surface area contributed by atoms with Gasteiger partial charge in [-0.15, -0.1) is 0 Å². The Kier molecular flexibility index (Phi) is 7.40. The molecule has 1 saturated heterocycles. The van der Waals surface area contributed by atoms with Crippen LogP contribution in [-0.4, -0.2) is 25.6 Å². The fourth-order valence-corrected chi connectivity index (χ4v) is 2.80. The summed E-state index contributed by atoms with van der Waals surface area (Å²) in [6.07, 6.45) is 4.03. The van der Waals surface area contributed by atoms with Gasteiger partial charge in [-0.05, 0) is 61.9 Å². The molecule has 128 valence electrons. The number of amides is 1. The summed E-state index contributed by atoms with van der Waals surface area (Å²) in [5, 5.41) is 6.38. The van der Waals surface area contributed by atoms with Gasteiger partial charge in [-0.2, -0.15) is 0 Å². The van der Waals surface area contributed by atoms with E-state index in [9.17, 15) is 4.79 Å². The summed E-state index contributed by atoms with van der Waals surface area (Å²) in [7, 11) is 0. The van der Waals surface area contributed by atoms with E-state index in [0.717, 1.165) is 30.8 Å². The van der Waals surface area contributed by atoms with Gasteiger partial charge in [0.15, 0.2) is 0 Å². The molecule has 4 heteroatoms. The van der Waals surface area contributed by atoms with Crippen molar-refractivity contribution in [3.05, 3.63) is 29.8 Å². The molecule has 2 N–H and O–H groups in total. The smallest absolute Gasteiger partial charge is 0.220 e. The van der Waals surface area contributed by atoms with Crippen LogP contribution < -0.4 is 15.4 Å². The fourth-order valence-electron chi connectivity index (χ4n) is 2.80. The van der Waals surface area contributed by atoms with Crippen molar-refractivity contribution in [3.8, 4) is 5.75 Å². The number of piperidine rings is 1. The predicted octanol–water partition coefficient (Wildman–Crippen LogP) is 3.12. The van der Waals surface area contributed by atoms with Gasteiger partial charge in [0.05, 0.1) is 6.61 Å². The lowest BCUT2D eigenvalue weighted by atomic mass is 9.93. The molecule has 0 bridgehead atoms. The van der Waals surface area contributed by atoms with Gasteiger partial charge in [-0.3, -0.25) is 4.79 Å². The van der Waals surface area contributed by atoms with Crippen LogP contribution in [0.4, 0.5) is 0 Å². The van der Waals surface area contributed by atoms with Crippen LogP contribution in [0.3, 0.4) is 0 Å². The highest BCUT2D eigenvalue weighted by Gasteiger charge is 2.14. The Morgan fingerprint density at radius 1 is 1.35 bits per heavy atom. The number of benzene rings is 1. The van der Waals surface area contributed by atoms with Gasteiger partial charge in [-0.1, -0.05) is 26.0 Å². The number of hydrogen-bond donors (Lipinski definition) is 2. The molecule has 0 aromatic heterocycles. The zero-order valence-electron chi connectivity index (χ0n) is 14.4. The molecule has 23 heavy (non-hydrogen) atoms. The summed E-state index contributed by atoms with van der Waals surface area (Å²) in [6, 6.07) is 7.97. The number of carbonyl (C=O) groups is 1. The van der Waals surface area contributed by atoms with Gasteiger partial charge in [0.25, 0.3) is 0 Å². The van der Waals surface area contributed by atoms with Gasteiger partial charge < -0.3 is 15.4 Å². The number of nitrogens with one attached hydrogen (secondary N) is 2. The molecule has 0 unspecified atom stereocenters. The summed E-state index contributed by atoms with van der Waals surface area (Å²) in [5.74, 6) is 2.24. The van der Waals surface area contributed by atoms with Crippen LogP contribution in [0.25, 0.3) is 0 Å². The average molecular weight is 318 g/mol. The Labute approximate surface area is 140 Å².